The maximum atomic E-state index is 8.62. The Morgan fingerprint density at radius 2 is 2.38 bits per heavy atom. The van der Waals surface area contributed by atoms with Crippen LogP contribution >= 0.6 is 0 Å². The summed E-state index contributed by atoms with van der Waals surface area (Å²) in [5, 5.41) is 11.9. The first kappa shape index (κ1) is 6.05. The molecule has 1 unspecified atom stereocenters. The van der Waals surface area contributed by atoms with E-state index in [1.165, 1.54) is 6.42 Å². The quantitative estimate of drug-likeness (QED) is 0.508. The van der Waals surface area contributed by atoms with Gasteiger partial charge in [0.15, 0.2) is 0 Å². The molecule has 0 aromatic heterocycles. The van der Waals surface area contributed by atoms with Gasteiger partial charge in [0.1, 0.15) is 0 Å². The lowest BCUT2D eigenvalue weighted by atomic mass is 10.2. The van der Waals surface area contributed by atoms with Crippen LogP contribution in [0.25, 0.3) is 0 Å². The lowest BCUT2D eigenvalue weighted by Gasteiger charge is -2.05. The fraction of sp³-hybridized carbons (Fsp3) is 1.00. The SMILES string of the molecule is CC1CC[C@@H](CO)N1. The van der Waals surface area contributed by atoms with Gasteiger partial charge in [-0.25, -0.2) is 0 Å². The highest BCUT2D eigenvalue weighted by molar-refractivity contribution is 4.79. The molecule has 0 aliphatic carbocycles. The molecule has 0 spiro atoms. The Morgan fingerprint density at radius 3 is 2.62 bits per heavy atom. The molecule has 0 radical (unpaired) electrons. The molecule has 1 fully saturated rings. The second-order valence-electron chi connectivity index (χ2n) is 2.52. The van der Waals surface area contributed by atoms with E-state index in [2.05, 4.69) is 12.2 Å². The molecule has 2 N–H and O–H groups in total. The lowest BCUT2D eigenvalue weighted by Crippen LogP contribution is -2.29. The van der Waals surface area contributed by atoms with Gasteiger partial charge in [-0.3, -0.25) is 0 Å². The minimum Gasteiger partial charge on any atom is -0.395 e. The van der Waals surface area contributed by atoms with E-state index in [1.54, 1.807) is 0 Å². The fourth-order valence-corrected chi connectivity index (χ4v) is 1.16. The van der Waals surface area contributed by atoms with E-state index in [9.17, 15) is 0 Å². The summed E-state index contributed by atoms with van der Waals surface area (Å²) < 4.78 is 0. The third-order valence-electron chi connectivity index (χ3n) is 1.69. The van der Waals surface area contributed by atoms with E-state index in [4.69, 9.17) is 5.11 Å². The van der Waals surface area contributed by atoms with Gasteiger partial charge in [-0.15, -0.1) is 0 Å². The van der Waals surface area contributed by atoms with Gasteiger partial charge >= 0.3 is 0 Å². The molecule has 0 aromatic carbocycles. The maximum absolute atomic E-state index is 8.62. The predicted molar refractivity (Wildman–Crippen MR) is 32.7 cm³/mol. The third-order valence-corrected chi connectivity index (χ3v) is 1.69. The molecule has 1 heterocycles. The molecular weight excluding hydrogens is 102 g/mol. The molecule has 2 atom stereocenters. The first-order chi connectivity index (χ1) is 3.83. The number of hydrogen-bond acceptors (Lipinski definition) is 2. The normalized spacial score (nSPS) is 38.2. The van der Waals surface area contributed by atoms with E-state index in [0.717, 1.165) is 6.42 Å². The number of hydrogen-bond donors (Lipinski definition) is 2. The summed E-state index contributed by atoms with van der Waals surface area (Å²) in [5.41, 5.74) is 0. The Kier molecular flexibility index (Phi) is 1.86. The Bertz CT molecular complexity index is 74.9. The van der Waals surface area contributed by atoms with Gasteiger partial charge in [0, 0.05) is 12.1 Å². The summed E-state index contributed by atoms with van der Waals surface area (Å²) in [7, 11) is 0. The average molecular weight is 115 g/mol. The second-order valence-corrected chi connectivity index (χ2v) is 2.52. The molecule has 0 aromatic rings. The van der Waals surface area contributed by atoms with Crippen LogP contribution in [0, 0.1) is 0 Å². The van der Waals surface area contributed by atoms with Gasteiger partial charge in [0.2, 0.25) is 0 Å². The zero-order valence-electron chi connectivity index (χ0n) is 5.22. The van der Waals surface area contributed by atoms with Crippen molar-refractivity contribution in [3.8, 4) is 0 Å². The molecule has 1 aliphatic rings. The predicted octanol–water partition coefficient (Wildman–Crippen LogP) is 0.119. The lowest BCUT2D eigenvalue weighted by molar-refractivity contribution is 0.252. The summed E-state index contributed by atoms with van der Waals surface area (Å²) in [6.07, 6.45) is 2.35. The minimum absolute atomic E-state index is 0.296. The molecule has 0 saturated carbocycles. The van der Waals surface area contributed by atoms with E-state index in [0.29, 0.717) is 18.7 Å². The van der Waals surface area contributed by atoms with Crippen molar-refractivity contribution in [2.75, 3.05) is 6.61 Å². The summed E-state index contributed by atoms with van der Waals surface area (Å²) >= 11 is 0. The van der Waals surface area contributed by atoms with Crippen molar-refractivity contribution in [3.05, 3.63) is 0 Å². The molecule has 1 saturated heterocycles. The van der Waals surface area contributed by atoms with E-state index in [1.807, 2.05) is 0 Å². The van der Waals surface area contributed by atoms with Crippen LogP contribution in [-0.2, 0) is 0 Å². The Balaban J connectivity index is 2.22. The maximum Gasteiger partial charge on any atom is 0.0584 e. The Labute approximate surface area is 49.9 Å². The monoisotopic (exact) mass is 115 g/mol. The molecule has 1 aliphatic heterocycles. The van der Waals surface area contributed by atoms with Gasteiger partial charge in [-0.05, 0) is 19.8 Å². The minimum atomic E-state index is 0.296. The molecule has 8 heavy (non-hydrogen) atoms. The second kappa shape index (κ2) is 2.46. The average Bonchev–Trinajstić information content (AvgIpc) is 2.14. The molecule has 1 rings (SSSR count). The first-order valence-corrected chi connectivity index (χ1v) is 3.20. The number of nitrogens with one attached hydrogen (secondary N) is 1. The van der Waals surface area contributed by atoms with Crippen LogP contribution < -0.4 is 5.32 Å². The number of aliphatic hydroxyl groups is 1. The summed E-state index contributed by atoms with van der Waals surface area (Å²) in [6.45, 7) is 2.44. The summed E-state index contributed by atoms with van der Waals surface area (Å²) in [5.74, 6) is 0. The van der Waals surface area contributed by atoms with Crippen LogP contribution in [0.15, 0.2) is 0 Å². The smallest absolute Gasteiger partial charge is 0.0584 e. The van der Waals surface area contributed by atoms with Crippen LogP contribution in [0.3, 0.4) is 0 Å². The highest BCUT2D eigenvalue weighted by atomic mass is 16.3. The van der Waals surface area contributed by atoms with Gasteiger partial charge < -0.3 is 10.4 Å². The standard InChI is InChI=1S/C6H13NO/c1-5-2-3-6(4-8)7-5/h5-8H,2-4H2,1H3/t5?,6-/m0/s1. The third kappa shape index (κ3) is 1.20. The first-order valence-electron chi connectivity index (χ1n) is 3.20. The van der Waals surface area contributed by atoms with Crippen LogP contribution in [0.1, 0.15) is 19.8 Å². The van der Waals surface area contributed by atoms with Gasteiger partial charge in [0.05, 0.1) is 6.61 Å². The van der Waals surface area contributed by atoms with Crippen molar-refractivity contribution in [1.82, 2.24) is 5.32 Å². The summed E-state index contributed by atoms with van der Waals surface area (Å²) in [4.78, 5) is 0. The van der Waals surface area contributed by atoms with Crippen molar-refractivity contribution in [3.63, 3.8) is 0 Å². The largest absolute Gasteiger partial charge is 0.395 e. The van der Waals surface area contributed by atoms with E-state index < -0.39 is 0 Å². The highest BCUT2D eigenvalue weighted by Crippen LogP contribution is 2.09. The topological polar surface area (TPSA) is 32.3 Å². The van der Waals surface area contributed by atoms with E-state index >= 15 is 0 Å². The molecule has 0 amide bonds. The zero-order chi connectivity index (χ0) is 5.98. The molecule has 2 heteroatoms. The van der Waals surface area contributed by atoms with Gasteiger partial charge in [-0.2, -0.15) is 0 Å². The van der Waals surface area contributed by atoms with Crippen molar-refractivity contribution in [1.29, 1.82) is 0 Å². The summed E-state index contributed by atoms with van der Waals surface area (Å²) in [6, 6.07) is 0.997. The van der Waals surface area contributed by atoms with Crippen molar-refractivity contribution in [2.24, 2.45) is 0 Å². The van der Waals surface area contributed by atoms with Crippen molar-refractivity contribution in [2.45, 2.75) is 31.8 Å². The van der Waals surface area contributed by atoms with Crippen LogP contribution in [-0.4, -0.2) is 23.8 Å². The van der Waals surface area contributed by atoms with Crippen LogP contribution in [0.2, 0.25) is 0 Å². The molecule has 2 nitrogen and oxygen atoms in total. The van der Waals surface area contributed by atoms with Crippen molar-refractivity contribution >= 4 is 0 Å². The Morgan fingerprint density at radius 1 is 1.62 bits per heavy atom. The Hall–Kier alpha value is -0.0800. The molecule has 0 bridgehead atoms. The number of rotatable bonds is 1. The van der Waals surface area contributed by atoms with Crippen molar-refractivity contribution < 1.29 is 5.11 Å². The van der Waals surface area contributed by atoms with Crippen LogP contribution in [0.5, 0.6) is 0 Å². The molecule has 48 valence electrons. The fourth-order valence-electron chi connectivity index (χ4n) is 1.16. The van der Waals surface area contributed by atoms with E-state index in [-0.39, 0.29) is 0 Å². The highest BCUT2D eigenvalue weighted by Gasteiger charge is 2.18. The number of aliphatic hydroxyl groups excluding tert-OH is 1. The molecular formula is C6H13NO. The van der Waals surface area contributed by atoms with Gasteiger partial charge in [0.25, 0.3) is 0 Å². The zero-order valence-corrected chi connectivity index (χ0v) is 5.22. The van der Waals surface area contributed by atoms with Crippen LogP contribution in [0.4, 0.5) is 0 Å². The van der Waals surface area contributed by atoms with Gasteiger partial charge in [-0.1, -0.05) is 0 Å².